The number of aliphatic hydroxyl groups is 2. The van der Waals surface area contributed by atoms with Crippen molar-refractivity contribution in [3.63, 3.8) is 0 Å². The molecule has 3 nitrogen and oxygen atoms in total. The van der Waals surface area contributed by atoms with Gasteiger partial charge < -0.3 is 14.6 Å². The highest BCUT2D eigenvalue weighted by Crippen LogP contribution is 2.41. The molecule has 16 heavy (non-hydrogen) atoms. The topological polar surface area (TPSA) is 49.7 Å². The van der Waals surface area contributed by atoms with Crippen molar-refractivity contribution in [2.45, 2.75) is 76.5 Å². The summed E-state index contributed by atoms with van der Waals surface area (Å²) in [7, 11) is -1.86. The van der Waals surface area contributed by atoms with E-state index in [1.54, 1.807) is 6.92 Å². The van der Waals surface area contributed by atoms with E-state index in [0.717, 1.165) is 6.42 Å². The van der Waals surface area contributed by atoms with Crippen LogP contribution < -0.4 is 0 Å². The molecule has 2 N–H and O–H groups in total. The van der Waals surface area contributed by atoms with Crippen molar-refractivity contribution in [3.05, 3.63) is 0 Å². The van der Waals surface area contributed by atoms with Gasteiger partial charge in [0.05, 0.1) is 12.2 Å². The molecule has 0 radical (unpaired) electrons. The van der Waals surface area contributed by atoms with Gasteiger partial charge in [0.1, 0.15) is 5.60 Å². The van der Waals surface area contributed by atoms with Crippen LogP contribution in [0.25, 0.3) is 0 Å². The van der Waals surface area contributed by atoms with Crippen LogP contribution in [0.3, 0.4) is 0 Å². The van der Waals surface area contributed by atoms with Gasteiger partial charge in [-0.3, -0.25) is 0 Å². The highest BCUT2D eigenvalue weighted by atomic mass is 28.4. The summed E-state index contributed by atoms with van der Waals surface area (Å²) >= 11 is 0. The van der Waals surface area contributed by atoms with E-state index in [9.17, 15) is 10.2 Å². The molecular weight excluding hydrogens is 220 g/mol. The van der Waals surface area contributed by atoms with E-state index in [-0.39, 0.29) is 11.1 Å². The molecule has 0 heterocycles. The molecule has 0 aromatic carbocycles. The molecule has 96 valence electrons. The van der Waals surface area contributed by atoms with Crippen molar-refractivity contribution in [2.75, 3.05) is 0 Å². The molecule has 0 bridgehead atoms. The van der Waals surface area contributed by atoms with Gasteiger partial charge in [0, 0.05) is 0 Å². The Labute approximate surface area is 100.0 Å². The maximum Gasteiger partial charge on any atom is 0.192 e. The molecule has 0 saturated heterocycles. The lowest BCUT2D eigenvalue weighted by Gasteiger charge is -2.41. The van der Waals surface area contributed by atoms with Crippen LogP contribution in [0, 0.1) is 0 Å². The second-order valence-electron chi connectivity index (χ2n) is 6.69. The van der Waals surface area contributed by atoms with Crippen LogP contribution in [0.1, 0.15) is 40.5 Å². The van der Waals surface area contributed by atoms with E-state index >= 15 is 0 Å². The summed E-state index contributed by atoms with van der Waals surface area (Å²) in [6.07, 6.45) is 0.512. The van der Waals surface area contributed by atoms with Gasteiger partial charge in [-0.25, -0.2) is 0 Å². The summed E-state index contributed by atoms with van der Waals surface area (Å²) in [6, 6.07) is 0. The summed E-state index contributed by atoms with van der Waals surface area (Å²) in [5.74, 6) is 0. The first kappa shape index (κ1) is 14.2. The Morgan fingerprint density at radius 1 is 1.25 bits per heavy atom. The summed E-state index contributed by atoms with van der Waals surface area (Å²) in [5, 5.41) is 20.0. The molecule has 1 rings (SSSR count). The van der Waals surface area contributed by atoms with Crippen LogP contribution in [-0.2, 0) is 4.43 Å². The number of hydrogen-bond donors (Lipinski definition) is 2. The van der Waals surface area contributed by atoms with Gasteiger partial charge in [-0.15, -0.1) is 0 Å². The average Bonchev–Trinajstić information content (AvgIpc) is 2.29. The minimum Gasteiger partial charge on any atom is -0.411 e. The van der Waals surface area contributed by atoms with Crippen LogP contribution in [0.4, 0.5) is 0 Å². The third kappa shape index (κ3) is 2.50. The molecule has 0 amide bonds. The zero-order chi connectivity index (χ0) is 12.8. The fourth-order valence-corrected chi connectivity index (χ4v) is 3.24. The number of aliphatic hydroxyl groups excluding tert-OH is 1. The Morgan fingerprint density at radius 2 is 1.75 bits per heavy atom. The van der Waals surface area contributed by atoms with Gasteiger partial charge in [0.15, 0.2) is 8.32 Å². The maximum atomic E-state index is 10.2. The largest absolute Gasteiger partial charge is 0.411 e. The summed E-state index contributed by atoms with van der Waals surface area (Å²) < 4.78 is 6.18. The molecule has 0 aliphatic heterocycles. The Balaban J connectivity index is 2.76. The third-order valence-electron chi connectivity index (χ3n) is 4.27. The summed E-state index contributed by atoms with van der Waals surface area (Å²) in [4.78, 5) is 0. The standard InChI is InChI=1S/C12H26O3Si/c1-11(2,3)16(5,6)15-10-8-7-9(13)12(10,4)14/h9-10,13-14H,7-8H2,1-6H3/t9-,10-,12-/m0/s1. The van der Waals surface area contributed by atoms with E-state index in [1.165, 1.54) is 0 Å². The fraction of sp³-hybridized carbons (Fsp3) is 1.00. The molecule has 0 aromatic heterocycles. The maximum absolute atomic E-state index is 10.2. The van der Waals surface area contributed by atoms with E-state index in [1.807, 2.05) is 0 Å². The zero-order valence-corrected chi connectivity index (χ0v) is 12.4. The molecule has 0 aromatic rings. The quantitative estimate of drug-likeness (QED) is 0.735. The van der Waals surface area contributed by atoms with Gasteiger partial charge >= 0.3 is 0 Å². The second-order valence-corrected chi connectivity index (χ2v) is 11.4. The molecule has 0 spiro atoms. The molecular formula is C12H26O3Si. The van der Waals surface area contributed by atoms with Gasteiger partial charge in [0.25, 0.3) is 0 Å². The monoisotopic (exact) mass is 246 g/mol. The van der Waals surface area contributed by atoms with E-state index in [0.29, 0.717) is 6.42 Å². The van der Waals surface area contributed by atoms with Gasteiger partial charge in [-0.05, 0) is 37.9 Å². The lowest BCUT2D eigenvalue weighted by atomic mass is 10.0. The van der Waals surface area contributed by atoms with Gasteiger partial charge in [0.2, 0.25) is 0 Å². The van der Waals surface area contributed by atoms with Gasteiger partial charge in [-0.2, -0.15) is 0 Å². The Bertz CT molecular complexity index is 255. The smallest absolute Gasteiger partial charge is 0.192 e. The molecule has 4 heteroatoms. The van der Waals surface area contributed by atoms with Crippen LogP contribution in [-0.4, -0.2) is 36.3 Å². The van der Waals surface area contributed by atoms with Crippen molar-refractivity contribution in [3.8, 4) is 0 Å². The number of rotatable bonds is 2. The Morgan fingerprint density at radius 3 is 2.06 bits per heavy atom. The van der Waals surface area contributed by atoms with E-state index in [4.69, 9.17) is 4.43 Å². The SMILES string of the molecule is CC(C)(C)[Si](C)(C)O[C@H]1CC[C@H](O)[C@]1(C)O. The Kier molecular flexibility index (Phi) is 3.62. The third-order valence-corrected chi connectivity index (χ3v) is 8.76. The highest BCUT2D eigenvalue weighted by Gasteiger charge is 2.49. The van der Waals surface area contributed by atoms with Crippen molar-refractivity contribution in [1.29, 1.82) is 0 Å². The normalized spacial score (nSPS) is 36.8. The molecule has 0 unspecified atom stereocenters. The first-order valence-corrected chi connectivity index (χ1v) is 8.97. The lowest BCUT2D eigenvalue weighted by molar-refractivity contribution is -0.0934. The zero-order valence-electron chi connectivity index (χ0n) is 11.4. The Hall–Kier alpha value is 0.0969. The minimum atomic E-state index is -1.86. The fourth-order valence-electron chi connectivity index (χ4n) is 1.82. The molecule has 3 atom stereocenters. The molecule has 1 saturated carbocycles. The minimum absolute atomic E-state index is 0.136. The molecule has 1 aliphatic carbocycles. The predicted octanol–water partition coefficient (Wildman–Crippen LogP) is 2.28. The van der Waals surface area contributed by atoms with Crippen LogP contribution >= 0.6 is 0 Å². The summed E-state index contributed by atoms with van der Waals surface area (Å²) in [5.41, 5.74) is -1.09. The highest BCUT2D eigenvalue weighted by molar-refractivity contribution is 6.74. The molecule has 1 aliphatic rings. The van der Waals surface area contributed by atoms with E-state index < -0.39 is 20.0 Å². The van der Waals surface area contributed by atoms with E-state index in [2.05, 4.69) is 33.9 Å². The lowest BCUT2D eigenvalue weighted by Crippen LogP contribution is -2.52. The van der Waals surface area contributed by atoms with Crippen molar-refractivity contribution in [2.24, 2.45) is 0 Å². The first-order valence-electron chi connectivity index (χ1n) is 6.07. The first-order chi connectivity index (χ1) is 6.98. The van der Waals surface area contributed by atoms with Crippen LogP contribution in [0.15, 0.2) is 0 Å². The van der Waals surface area contributed by atoms with Crippen molar-refractivity contribution in [1.82, 2.24) is 0 Å². The van der Waals surface area contributed by atoms with Crippen LogP contribution in [0.2, 0.25) is 18.1 Å². The van der Waals surface area contributed by atoms with Gasteiger partial charge in [-0.1, -0.05) is 20.8 Å². The van der Waals surface area contributed by atoms with Crippen molar-refractivity contribution >= 4 is 8.32 Å². The van der Waals surface area contributed by atoms with Crippen molar-refractivity contribution < 1.29 is 14.6 Å². The number of hydrogen-bond acceptors (Lipinski definition) is 3. The van der Waals surface area contributed by atoms with Crippen LogP contribution in [0.5, 0.6) is 0 Å². The average molecular weight is 246 g/mol. The second kappa shape index (κ2) is 4.09. The summed E-state index contributed by atoms with van der Waals surface area (Å²) in [6.45, 7) is 12.6. The predicted molar refractivity (Wildman–Crippen MR) is 67.9 cm³/mol. The molecule has 1 fully saturated rings.